The SMILES string of the molecule is Cc1ccccc1NC(=O)Nc1c(F)cccc1F. The lowest BCUT2D eigenvalue weighted by Gasteiger charge is -2.10. The van der Waals surface area contributed by atoms with Gasteiger partial charge < -0.3 is 10.6 Å². The molecule has 5 heteroatoms. The van der Waals surface area contributed by atoms with E-state index in [1.54, 1.807) is 12.1 Å². The molecule has 0 saturated carbocycles. The van der Waals surface area contributed by atoms with E-state index in [1.165, 1.54) is 6.07 Å². The fraction of sp³-hybridized carbons (Fsp3) is 0.0714. The van der Waals surface area contributed by atoms with Crippen LogP contribution in [-0.2, 0) is 0 Å². The van der Waals surface area contributed by atoms with Crippen LogP contribution in [0.3, 0.4) is 0 Å². The minimum absolute atomic E-state index is 0.464. The zero-order chi connectivity index (χ0) is 13.8. The van der Waals surface area contributed by atoms with E-state index >= 15 is 0 Å². The zero-order valence-corrected chi connectivity index (χ0v) is 10.2. The van der Waals surface area contributed by atoms with Crippen LogP contribution in [0.2, 0.25) is 0 Å². The van der Waals surface area contributed by atoms with Gasteiger partial charge in [-0.25, -0.2) is 13.6 Å². The van der Waals surface area contributed by atoms with E-state index in [0.29, 0.717) is 5.69 Å². The third-order valence-corrected chi connectivity index (χ3v) is 2.59. The predicted molar refractivity (Wildman–Crippen MR) is 70.2 cm³/mol. The van der Waals surface area contributed by atoms with Gasteiger partial charge in [0.25, 0.3) is 0 Å². The summed E-state index contributed by atoms with van der Waals surface area (Å²) in [6.07, 6.45) is 0. The third-order valence-electron chi connectivity index (χ3n) is 2.59. The molecule has 0 aliphatic heterocycles. The number of carbonyl (C=O) groups is 1. The van der Waals surface area contributed by atoms with Crippen LogP contribution in [0.15, 0.2) is 42.5 Å². The highest BCUT2D eigenvalue weighted by Gasteiger charge is 2.12. The number of urea groups is 1. The molecule has 0 fully saturated rings. The van der Waals surface area contributed by atoms with Gasteiger partial charge >= 0.3 is 6.03 Å². The van der Waals surface area contributed by atoms with Gasteiger partial charge in [-0.3, -0.25) is 0 Å². The summed E-state index contributed by atoms with van der Waals surface area (Å²) in [6, 6.07) is 9.79. The third kappa shape index (κ3) is 3.07. The monoisotopic (exact) mass is 262 g/mol. The summed E-state index contributed by atoms with van der Waals surface area (Å²) in [5, 5.41) is 4.68. The van der Waals surface area contributed by atoms with Crippen molar-refractivity contribution in [2.45, 2.75) is 6.92 Å². The van der Waals surface area contributed by atoms with E-state index in [4.69, 9.17) is 0 Å². The lowest BCUT2D eigenvalue weighted by molar-refractivity contribution is 0.262. The van der Waals surface area contributed by atoms with Gasteiger partial charge in [-0.05, 0) is 30.7 Å². The summed E-state index contributed by atoms with van der Waals surface area (Å²) in [4.78, 5) is 11.7. The largest absolute Gasteiger partial charge is 0.323 e. The molecule has 2 N–H and O–H groups in total. The van der Waals surface area contributed by atoms with Crippen molar-refractivity contribution in [2.75, 3.05) is 10.6 Å². The molecule has 0 heterocycles. The lowest BCUT2D eigenvalue weighted by Crippen LogP contribution is -2.21. The number of aryl methyl sites for hydroxylation is 1. The highest BCUT2D eigenvalue weighted by atomic mass is 19.1. The highest BCUT2D eigenvalue weighted by Crippen LogP contribution is 2.19. The van der Waals surface area contributed by atoms with Crippen molar-refractivity contribution in [3.63, 3.8) is 0 Å². The molecule has 19 heavy (non-hydrogen) atoms. The number of carbonyl (C=O) groups excluding carboxylic acids is 1. The van der Waals surface area contributed by atoms with Gasteiger partial charge in [0.15, 0.2) is 0 Å². The van der Waals surface area contributed by atoms with Crippen molar-refractivity contribution < 1.29 is 13.6 Å². The fourth-order valence-corrected chi connectivity index (χ4v) is 1.60. The Kier molecular flexibility index (Phi) is 3.75. The summed E-state index contributed by atoms with van der Waals surface area (Å²) < 4.78 is 26.7. The first-order valence-corrected chi connectivity index (χ1v) is 5.65. The molecular formula is C14H12F2N2O. The molecule has 0 bridgehead atoms. The first kappa shape index (κ1) is 13.0. The summed E-state index contributed by atoms with van der Waals surface area (Å²) in [7, 11) is 0. The van der Waals surface area contributed by atoms with Gasteiger partial charge in [-0.2, -0.15) is 0 Å². The van der Waals surface area contributed by atoms with Gasteiger partial charge in [-0.1, -0.05) is 24.3 Å². The lowest BCUT2D eigenvalue weighted by atomic mass is 10.2. The molecule has 3 nitrogen and oxygen atoms in total. The smallest absolute Gasteiger partial charge is 0.307 e. The number of hydrogen-bond acceptors (Lipinski definition) is 1. The molecule has 2 aromatic rings. The normalized spacial score (nSPS) is 10.1. The number of halogens is 2. The van der Waals surface area contributed by atoms with E-state index in [0.717, 1.165) is 17.7 Å². The number of hydrogen-bond donors (Lipinski definition) is 2. The second-order valence-corrected chi connectivity index (χ2v) is 3.99. The van der Waals surface area contributed by atoms with E-state index in [-0.39, 0.29) is 0 Å². The fourth-order valence-electron chi connectivity index (χ4n) is 1.60. The van der Waals surface area contributed by atoms with Crippen molar-refractivity contribution in [1.82, 2.24) is 0 Å². The van der Waals surface area contributed by atoms with Crippen molar-refractivity contribution in [1.29, 1.82) is 0 Å². The van der Waals surface area contributed by atoms with Gasteiger partial charge in [-0.15, -0.1) is 0 Å². The van der Waals surface area contributed by atoms with Crippen LogP contribution < -0.4 is 10.6 Å². The number of rotatable bonds is 2. The molecule has 0 radical (unpaired) electrons. The minimum atomic E-state index is -0.820. The van der Waals surface area contributed by atoms with Gasteiger partial charge in [0.1, 0.15) is 17.3 Å². The van der Waals surface area contributed by atoms with Crippen molar-refractivity contribution in [2.24, 2.45) is 0 Å². The van der Waals surface area contributed by atoms with Crippen LogP contribution in [0.25, 0.3) is 0 Å². The van der Waals surface area contributed by atoms with Crippen LogP contribution in [0.1, 0.15) is 5.56 Å². The molecule has 0 aliphatic rings. The molecule has 0 spiro atoms. The number of nitrogens with one attached hydrogen (secondary N) is 2. The van der Waals surface area contributed by atoms with Gasteiger partial charge in [0.2, 0.25) is 0 Å². The van der Waals surface area contributed by atoms with E-state index in [1.807, 2.05) is 19.1 Å². The maximum Gasteiger partial charge on any atom is 0.323 e. The van der Waals surface area contributed by atoms with Gasteiger partial charge in [0, 0.05) is 5.69 Å². The second kappa shape index (κ2) is 5.48. The van der Waals surface area contributed by atoms with Crippen molar-refractivity contribution in [3.05, 3.63) is 59.7 Å². The highest BCUT2D eigenvalue weighted by molar-refractivity contribution is 6.00. The molecule has 98 valence electrons. The molecule has 2 amide bonds. The summed E-state index contributed by atoms with van der Waals surface area (Å²) in [6.45, 7) is 1.82. The van der Waals surface area contributed by atoms with Crippen LogP contribution in [0, 0.1) is 18.6 Å². The standard InChI is InChI=1S/C14H12F2N2O/c1-9-5-2-3-8-12(9)17-14(19)18-13-10(15)6-4-7-11(13)16/h2-8H,1H3,(H2,17,18,19). The molecule has 0 aromatic heterocycles. The first-order chi connectivity index (χ1) is 9.08. The average Bonchev–Trinajstić information content (AvgIpc) is 2.37. The Labute approximate surface area is 109 Å². The maximum atomic E-state index is 13.3. The van der Waals surface area contributed by atoms with Crippen molar-refractivity contribution in [3.8, 4) is 0 Å². The van der Waals surface area contributed by atoms with Crippen LogP contribution in [-0.4, -0.2) is 6.03 Å². The first-order valence-electron chi connectivity index (χ1n) is 5.65. The van der Waals surface area contributed by atoms with Gasteiger partial charge in [0.05, 0.1) is 0 Å². The Hall–Kier alpha value is -2.43. The molecule has 0 aliphatic carbocycles. The summed E-state index contributed by atoms with van der Waals surface area (Å²) >= 11 is 0. The van der Waals surface area contributed by atoms with Crippen LogP contribution in [0.5, 0.6) is 0 Å². The molecule has 0 saturated heterocycles. The molecule has 0 unspecified atom stereocenters. The summed E-state index contributed by atoms with van der Waals surface area (Å²) in [5.74, 6) is -1.64. The molecule has 2 aromatic carbocycles. The Morgan fingerprint density at radius 2 is 1.58 bits per heavy atom. The van der Waals surface area contributed by atoms with Crippen LogP contribution >= 0.6 is 0 Å². The molecule has 0 atom stereocenters. The Balaban J connectivity index is 2.12. The zero-order valence-electron chi connectivity index (χ0n) is 10.2. The second-order valence-electron chi connectivity index (χ2n) is 3.99. The topological polar surface area (TPSA) is 41.1 Å². The van der Waals surface area contributed by atoms with Crippen LogP contribution in [0.4, 0.5) is 25.0 Å². The number of benzene rings is 2. The van der Waals surface area contributed by atoms with Crippen molar-refractivity contribution >= 4 is 17.4 Å². The van der Waals surface area contributed by atoms with E-state index in [9.17, 15) is 13.6 Å². The number of amides is 2. The molecular weight excluding hydrogens is 250 g/mol. The quantitative estimate of drug-likeness (QED) is 0.846. The van der Waals surface area contributed by atoms with E-state index in [2.05, 4.69) is 10.6 Å². The summed E-state index contributed by atoms with van der Waals surface area (Å²) in [5.41, 5.74) is 0.969. The maximum absolute atomic E-state index is 13.3. The Morgan fingerprint density at radius 3 is 2.21 bits per heavy atom. The Bertz CT molecular complexity index is 594. The number of para-hydroxylation sites is 2. The molecule has 2 rings (SSSR count). The van der Waals surface area contributed by atoms with E-state index < -0.39 is 23.4 Å². The minimum Gasteiger partial charge on any atom is -0.307 e. The predicted octanol–water partition coefficient (Wildman–Crippen LogP) is 3.92. The Morgan fingerprint density at radius 1 is 0.947 bits per heavy atom. The number of anilines is 2. The average molecular weight is 262 g/mol.